The van der Waals surface area contributed by atoms with Gasteiger partial charge in [0.1, 0.15) is 17.0 Å². The lowest BCUT2D eigenvalue weighted by molar-refractivity contribution is 0.481. The minimum Gasteiger partial charge on any atom is -0.507 e. The van der Waals surface area contributed by atoms with E-state index in [2.05, 4.69) is 10.2 Å². The van der Waals surface area contributed by atoms with E-state index in [9.17, 15) is 5.11 Å². The van der Waals surface area contributed by atoms with Gasteiger partial charge in [-0.05, 0) is 42.8 Å². The van der Waals surface area contributed by atoms with E-state index >= 15 is 0 Å². The van der Waals surface area contributed by atoms with Gasteiger partial charge in [-0.2, -0.15) is 5.10 Å². The van der Waals surface area contributed by atoms with Crippen molar-refractivity contribution < 1.29 is 9.52 Å². The van der Waals surface area contributed by atoms with Crippen molar-refractivity contribution in [3.05, 3.63) is 42.1 Å². The molecule has 0 spiro atoms. The fraction of sp³-hybridized carbons (Fsp3) is 0.0769. The minimum absolute atomic E-state index is 0.221. The van der Waals surface area contributed by atoms with E-state index in [0.29, 0.717) is 22.4 Å². The first kappa shape index (κ1) is 9.84. The monoisotopic (exact) mass is 226 g/mol. The molecule has 0 unspecified atom stereocenters. The Morgan fingerprint density at radius 1 is 1.24 bits per heavy atom. The summed E-state index contributed by atoms with van der Waals surface area (Å²) in [6, 6.07) is 8.97. The Kier molecular flexibility index (Phi) is 2.08. The van der Waals surface area contributed by atoms with Crippen LogP contribution in [0, 0.1) is 6.92 Å². The predicted octanol–water partition coefficient (Wildman–Crippen LogP) is 2.90. The number of phenolic OH excluding ortho intramolecular Hbond substituents is 1. The van der Waals surface area contributed by atoms with Gasteiger partial charge in [-0.15, -0.1) is 5.10 Å². The van der Waals surface area contributed by atoms with Gasteiger partial charge < -0.3 is 9.52 Å². The second-order valence-electron chi connectivity index (χ2n) is 3.92. The lowest BCUT2D eigenvalue weighted by Gasteiger charge is -1.95. The summed E-state index contributed by atoms with van der Waals surface area (Å²) in [5.74, 6) is 0.827. The lowest BCUT2D eigenvalue weighted by atomic mass is 10.1. The van der Waals surface area contributed by atoms with E-state index in [1.54, 1.807) is 24.4 Å². The molecule has 17 heavy (non-hydrogen) atoms. The molecule has 0 fully saturated rings. The first-order chi connectivity index (χ1) is 8.24. The van der Waals surface area contributed by atoms with E-state index in [0.717, 1.165) is 5.56 Å². The third kappa shape index (κ3) is 1.63. The second kappa shape index (κ2) is 3.59. The minimum atomic E-state index is 0.221. The molecule has 0 saturated heterocycles. The van der Waals surface area contributed by atoms with Crippen LogP contribution in [0.15, 0.2) is 40.9 Å². The Labute approximate surface area is 97.5 Å². The number of nitrogens with zero attached hydrogens (tertiary/aromatic N) is 2. The number of hydrogen-bond acceptors (Lipinski definition) is 4. The van der Waals surface area contributed by atoms with Crippen molar-refractivity contribution in [2.24, 2.45) is 0 Å². The van der Waals surface area contributed by atoms with Crippen LogP contribution in [0.4, 0.5) is 0 Å². The number of phenols is 1. The Morgan fingerprint density at radius 2 is 2.12 bits per heavy atom. The van der Waals surface area contributed by atoms with Gasteiger partial charge in [0, 0.05) is 6.20 Å². The summed E-state index contributed by atoms with van der Waals surface area (Å²) in [5, 5.41) is 18.3. The molecule has 0 amide bonds. The molecule has 2 aromatic heterocycles. The maximum atomic E-state index is 9.82. The molecular formula is C13H10N2O2. The van der Waals surface area contributed by atoms with Crippen LogP contribution in [-0.2, 0) is 0 Å². The zero-order valence-electron chi connectivity index (χ0n) is 9.21. The lowest BCUT2D eigenvalue weighted by Crippen LogP contribution is -1.82. The van der Waals surface area contributed by atoms with Gasteiger partial charge in [0.2, 0.25) is 0 Å². The van der Waals surface area contributed by atoms with Gasteiger partial charge in [0.15, 0.2) is 5.76 Å². The number of benzene rings is 1. The van der Waals surface area contributed by atoms with Crippen LogP contribution >= 0.6 is 0 Å². The van der Waals surface area contributed by atoms with Crippen LogP contribution in [0.5, 0.6) is 5.75 Å². The summed E-state index contributed by atoms with van der Waals surface area (Å²) in [6.45, 7) is 1.91. The highest BCUT2D eigenvalue weighted by Crippen LogP contribution is 2.32. The van der Waals surface area contributed by atoms with Gasteiger partial charge in [-0.1, -0.05) is 0 Å². The molecule has 3 rings (SSSR count). The van der Waals surface area contributed by atoms with Crippen LogP contribution in [0.1, 0.15) is 5.56 Å². The molecule has 1 N–H and O–H groups in total. The van der Waals surface area contributed by atoms with Gasteiger partial charge in [0.05, 0.1) is 5.39 Å². The van der Waals surface area contributed by atoms with Crippen molar-refractivity contribution in [1.82, 2.24) is 10.2 Å². The Hall–Kier alpha value is -2.36. The van der Waals surface area contributed by atoms with Crippen LogP contribution in [-0.4, -0.2) is 15.3 Å². The topological polar surface area (TPSA) is 59.2 Å². The van der Waals surface area contributed by atoms with Crippen molar-refractivity contribution in [3.63, 3.8) is 0 Å². The van der Waals surface area contributed by atoms with Gasteiger partial charge in [0.25, 0.3) is 0 Å². The summed E-state index contributed by atoms with van der Waals surface area (Å²) in [7, 11) is 0. The van der Waals surface area contributed by atoms with E-state index in [-0.39, 0.29) is 5.75 Å². The fourth-order valence-corrected chi connectivity index (χ4v) is 1.81. The highest BCUT2D eigenvalue weighted by molar-refractivity contribution is 5.88. The fourth-order valence-electron chi connectivity index (χ4n) is 1.81. The summed E-state index contributed by atoms with van der Waals surface area (Å²) in [6.07, 6.45) is 1.60. The smallest absolute Gasteiger partial charge is 0.155 e. The van der Waals surface area contributed by atoms with Crippen molar-refractivity contribution >= 4 is 11.0 Å². The standard InChI is InChI=1S/C13H10N2O2/c1-8-5-11(16)9-7-13(17-12(9)6-8)10-3-2-4-14-15-10/h2-7,16H,1H3. The molecule has 2 heterocycles. The molecule has 84 valence electrons. The number of rotatable bonds is 1. The molecule has 0 saturated carbocycles. The van der Waals surface area contributed by atoms with E-state index in [1.165, 1.54) is 0 Å². The highest BCUT2D eigenvalue weighted by atomic mass is 16.3. The van der Waals surface area contributed by atoms with Crippen molar-refractivity contribution in [3.8, 4) is 17.2 Å². The van der Waals surface area contributed by atoms with Gasteiger partial charge >= 0.3 is 0 Å². The van der Waals surface area contributed by atoms with Gasteiger partial charge in [-0.3, -0.25) is 0 Å². The maximum Gasteiger partial charge on any atom is 0.155 e. The quantitative estimate of drug-likeness (QED) is 0.693. The maximum absolute atomic E-state index is 9.82. The summed E-state index contributed by atoms with van der Waals surface area (Å²) in [4.78, 5) is 0. The van der Waals surface area contributed by atoms with Crippen molar-refractivity contribution in [1.29, 1.82) is 0 Å². The van der Waals surface area contributed by atoms with Gasteiger partial charge in [-0.25, -0.2) is 0 Å². The molecule has 0 atom stereocenters. The second-order valence-corrected chi connectivity index (χ2v) is 3.92. The number of hydrogen-bond donors (Lipinski definition) is 1. The number of aryl methyl sites for hydroxylation is 1. The highest BCUT2D eigenvalue weighted by Gasteiger charge is 2.10. The Morgan fingerprint density at radius 3 is 2.88 bits per heavy atom. The first-order valence-electron chi connectivity index (χ1n) is 5.25. The van der Waals surface area contributed by atoms with Crippen LogP contribution < -0.4 is 0 Å². The molecule has 3 aromatic rings. The molecule has 0 aliphatic carbocycles. The molecule has 0 bridgehead atoms. The summed E-state index contributed by atoms with van der Waals surface area (Å²) >= 11 is 0. The SMILES string of the molecule is Cc1cc(O)c2cc(-c3cccnn3)oc2c1. The molecule has 4 nitrogen and oxygen atoms in total. The average molecular weight is 226 g/mol. The average Bonchev–Trinajstić information content (AvgIpc) is 2.74. The van der Waals surface area contributed by atoms with Crippen molar-refractivity contribution in [2.75, 3.05) is 0 Å². The van der Waals surface area contributed by atoms with E-state index in [1.807, 2.05) is 19.1 Å². The number of furan rings is 1. The normalized spacial score (nSPS) is 10.9. The predicted molar refractivity (Wildman–Crippen MR) is 63.6 cm³/mol. The zero-order valence-corrected chi connectivity index (χ0v) is 9.21. The largest absolute Gasteiger partial charge is 0.507 e. The molecule has 4 heteroatoms. The molecule has 0 radical (unpaired) electrons. The third-order valence-electron chi connectivity index (χ3n) is 2.58. The molecular weight excluding hydrogens is 216 g/mol. The first-order valence-corrected chi connectivity index (χ1v) is 5.25. The third-order valence-corrected chi connectivity index (χ3v) is 2.58. The Bertz CT molecular complexity index is 674. The summed E-state index contributed by atoms with van der Waals surface area (Å²) < 4.78 is 5.65. The van der Waals surface area contributed by atoms with E-state index < -0.39 is 0 Å². The summed E-state index contributed by atoms with van der Waals surface area (Å²) in [5.41, 5.74) is 2.26. The molecule has 0 aliphatic heterocycles. The molecule has 1 aromatic carbocycles. The number of aromatic nitrogens is 2. The number of fused-ring (bicyclic) bond motifs is 1. The van der Waals surface area contributed by atoms with E-state index in [4.69, 9.17) is 4.42 Å². The molecule has 0 aliphatic rings. The van der Waals surface area contributed by atoms with Crippen LogP contribution in [0.3, 0.4) is 0 Å². The van der Waals surface area contributed by atoms with Crippen molar-refractivity contribution in [2.45, 2.75) is 6.92 Å². The van der Waals surface area contributed by atoms with Crippen LogP contribution in [0.25, 0.3) is 22.4 Å². The zero-order chi connectivity index (χ0) is 11.8. The Balaban J connectivity index is 2.24. The van der Waals surface area contributed by atoms with Crippen LogP contribution in [0.2, 0.25) is 0 Å². The number of aromatic hydroxyl groups is 1.